The molecule has 1 saturated carbocycles. The third-order valence-corrected chi connectivity index (χ3v) is 5.15. The number of rotatable bonds is 3. The van der Waals surface area contributed by atoms with E-state index in [1.54, 1.807) is 0 Å². The molecule has 0 saturated heterocycles. The second kappa shape index (κ2) is 7.26. The molecule has 20 heavy (non-hydrogen) atoms. The number of aryl methyl sites for hydroxylation is 3. The molecule has 0 aliphatic heterocycles. The van der Waals surface area contributed by atoms with Crippen molar-refractivity contribution in [2.75, 3.05) is 7.05 Å². The largest absolute Gasteiger partial charge is 0.313 e. The smallest absolute Gasteiger partial charge is 0.0348 e. The summed E-state index contributed by atoms with van der Waals surface area (Å²) in [5.41, 5.74) is 5.83. The quantitative estimate of drug-likeness (QED) is 0.795. The summed E-state index contributed by atoms with van der Waals surface area (Å²) in [7, 11) is 2.14. The molecule has 1 fully saturated rings. The molecule has 1 aliphatic rings. The van der Waals surface area contributed by atoms with Crippen molar-refractivity contribution in [1.82, 2.24) is 5.32 Å². The lowest BCUT2D eigenvalue weighted by Crippen LogP contribution is -2.27. The van der Waals surface area contributed by atoms with Crippen LogP contribution in [0.2, 0.25) is 0 Å². The van der Waals surface area contributed by atoms with E-state index in [-0.39, 0.29) is 0 Å². The summed E-state index contributed by atoms with van der Waals surface area (Å²) in [4.78, 5) is 0. The molecule has 1 atom stereocenters. The van der Waals surface area contributed by atoms with E-state index in [0.717, 1.165) is 5.92 Å². The van der Waals surface area contributed by atoms with Gasteiger partial charge < -0.3 is 5.32 Å². The first kappa shape index (κ1) is 15.6. The zero-order valence-electron chi connectivity index (χ0n) is 13.8. The molecule has 0 aromatic heterocycles. The Morgan fingerprint density at radius 3 is 2.00 bits per heavy atom. The molecule has 0 radical (unpaired) electrons. The number of nitrogens with one attached hydrogen (secondary N) is 1. The zero-order valence-corrected chi connectivity index (χ0v) is 13.8. The summed E-state index contributed by atoms with van der Waals surface area (Å²) in [6.45, 7) is 6.73. The Labute approximate surface area is 125 Å². The monoisotopic (exact) mass is 273 g/mol. The zero-order chi connectivity index (χ0) is 14.5. The van der Waals surface area contributed by atoms with E-state index < -0.39 is 0 Å². The van der Waals surface area contributed by atoms with Crippen molar-refractivity contribution in [3.8, 4) is 0 Å². The Morgan fingerprint density at radius 2 is 1.40 bits per heavy atom. The third-order valence-electron chi connectivity index (χ3n) is 5.15. The van der Waals surface area contributed by atoms with E-state index in [0.29, 0.717) is 6.04 Å². The first-order chi connectivity index (χ1) is 9.63. The van der Waals surface area contributed by atoms with Gasteiger partial charge >= 0.3 is 0 Å². The van der Waals surface area contributed by atoms with E-state index in [1.165, 1.54) is 67.2 Å². The summed E-state index contributed by atoms with van der Waals surface area (Å²) in [5.74, 6) is 0.807. The van der Waals surface area contributed by atoms with E-state index in [1.807, 2.05) is 0 Å². The van der Waals surface area contributed by atoms with E-state index >= 15 is 0 Å². The highest BCUT2D eigenvalue weighted by atomic mass is 14.9. The maximum atomic E-state index is 3.62. The SMILES string of the molecule is CNC(c1cc(C)c(C)cc1C)C1CCCCCCC1. The van der Waals surface area contributed by atoms with E-state index in [9.17, 15) is 0 Å². The second-order valence-corrected chi connectivity index (χ2v) is 6.66. The maximum absolute atomic E-state index is 3.62. The van der Waals surface area contributed by atoms with Gasteiger partial charge in [-0.2, -0.15) is 0 Å². The van der Waals surface area contributed by atoms with Crippen LogP contribution in [0.1, 0.15) is 73.2 Å². The van der Waals surface area contributed by atoms with Gasteiger partial charge in [0.1, 0.15) is 0 Å². The minimum Gasteiger partial charge on any atom is -0.313 e. The Hall–Kier alpha value is -0.820. The maximum Gasteiger partial charge on any atom is 0.0348 e. The van der Waals surface area contributed by atoms with Gasteiger partial charge in [0.15, 0.2) is 0 Å². The predicted octanol–water partition coefficient (Wildman–Crippen LogP) is 5.23. The van der Waals surface area contributed by atoms with Crippen molar-refractivity contribution in [1.29, 1.82) is 0 Å². The molecule has 0 heterocycles. The molecule has 112 valence electrons. The van der Waals surface area contributed by atoms with E-state index in [2.05, 4.69) is 45.3 Å². The van der Waals surface area contributed by atoms with Gasteiger partial charge in [-0.1, -0.05) is 44.2 Å². The lowest BCUT2D eigenvalue weighted by atomic mass is 9.81. The number of hydrogen-bond acceptors (Lipinski definition) is 1. The van der Waals surface area contributed by atoms with Crippen LogP contribution in [0.15, 0.2) is 12.1 Å². The fraction of sp³-hybridized carbons (Fsp3) is 0.684. The van der Waals surface area contributed by atoms with Crippen LogP contribution in [-0.2, 0) is 0 Å². The molecule has 1 aliphatic carbocycles. The van der Waals surface area contributed by atoms with Gasteiger partial charge in [-0.25, -0.2) is 0 Å². The van der Waals surface area contributed by atoms with Gasteiger partial charge in [0.2, 0.25) is 0 Å². The Kier molecular flexibility index (Phi) is 5.65. The first-order valence-corrected chi connectivity index (χ1v) is 8.38. The normalized spacial score (nSPS) is 19.4. The molecule has 1 heteroatoms. The predicted molar refractivity (Wildman–Crippen MR) is 88.3 cm³/mol. The van der Waals surface area contributed by atoms with Crippen LogP contribution in [0.3, 0.4) is 0 Å². The van der Waals surface area contributed by atoms with Crippen molar-refractivity contribution in [3.05, 3.63) is 34.4 Å². The highest BCUT2D eigenvalue weighted by molar-refractivity contribution is 5.38. The van der Waals surface area contributed by atoms with Crippen molar-refractivity contribution in [2.24, 2.45) is 5.92 Å². The van der Waals surface area contributed by atoms with Crippen LogP contribution in [0.5, 0.6) is 0 Å². The van der Waals surface area contributed by atoms with Crippen LogP contribution in [-0.4, -0.2) is 7.05 Å². The molecule has 1 nitrogen and oxygen atoms in total. The average molecular weight is 273 g/mol. The highest BCUT2D eigenvalue weighted by Gasteiger charge is 2.23. The van der Waals surface area contributed by atoms with Crippen molar-refractivity contribution >= 4 is 0 Å². The topological polar surface area (TPSA) is 12.0 Å². The summed E-state index contributed by atoms with van der Waals surface area (Å²) >= 11 is 0. The fourth-order valence-electron chi connectivity index (χ4n) is 3.78. The first-order valence-electron chi connectivity index (χ1n) is 8.38. The van der Waals surface area contributed by atoms with Gasteiger partial charge in [0.05, 0.1) is 0 Å². The number of hydrogen-bond donors (Lipinski definition) is 1. The van der Waals surface area contributed by atoms with Crippen LogP contribution < -0.4 is 5.32 Å². The van der Waals surface area contributed by atoms with Crippen molar-refractivity contribution in [3.63, 3.8) is 0 Å². The van der Waals surface area contributed by atoms with Crippen molar-refractivity contribution in [2.45, 2.75) is 71.8 Å². The lowest BCUT2D eigenvalue weighted by molar-refractivity contribution is 0.299. The van der Waals surface area contributed by atoms with Gasteiger partial charge in [0.25, 0.3) is 0 Å². The Morgan fingerprint density at radius 1 is 0.850 bits per heavy atom. The molecule has 2 rings (SSSR count). The minimum atomic E-state index is 0.535. The molecule has 0 bridgehead atoms. The highest BCUT2D eigenvalue weighted by Crippen LogP contribution is 2.34. The molecule has 0 spiro atoms. The molecule has 0 amide bonds. The lowest BCUT2D eigenvalue weighted by Gasteiger charge is -2.30. The van der Waals surface area contributed by atoms with Gasteiger partial charge in [-0.05, 0) is 68.8 Å². The third kappa shape index (κ3) is 3.63. The van der Waals surface area contributed by atoms with Gasteiger partial charge in [-0.15, -0.1) is 0 Å². The minimum absolute atomic E-state index is 0.535. The Balaban J connectivity index is 2.24. The molecule has 1 N–H and O–H groups in total. The van der Waals surface area contributed by atoms with Crippen LogP contribution in [0.4, 0.5) is 0 Å². The molecule has 1 unspecified atom stereocenters. The Bertz CT molecular complexity index is 428. The summed E-state index contributed by atoms with van der Waals surface area (Å²) < 4.78 is 0. The summed E-state index contributed by atoms with van der Waals surface area (Å²) in [6, 6.07) is 5.31. The molecular formula is C19H31N. The standard InChI is InChI=1S/C19H31N/c1-14-12-16(3)18(13-15(14)2)19(20-4)17-10-8-6-5-7-9-11-17/h12-13,17,19-20H,5-11H2,1-4H3. The number of benzene rings is 1. The van der Waals surface area contributed by atoms with Crippen LogP contribution in [0, 0.1) is 26.7 Å². The van der Waals surface area contributed by atoms with Gasteiger partial charge in [-0.3, -0.25) is 0 Å². The molecule has 1 aromatic rings. The van der Waals surface area contributed by atoms with Gasteiger partial charge in [0, 0.05) is 6.04 Å². The average Bonchev–Trinajstić information content (AvgIpc) is 2.38. The second-order valence-electron chi connectivity index (χ2n) is 6.66. The molecular weight excluding hydrogens is 242 g/mol. The summed E-state index contributed by atoms with van der Waals surface area (Å²) in [5, 5.41) is 3.62. The molecule has 1 aromatic carbocycles. The van der Waals surface area contributed by atoms with Crippen LogP contribution in [0.25, 0.3) is 0 Å². The van der Waals surface area contributed by atoms with Crippen molar-refractivity contribution < 1.29 is 0 Å². The fourth-order valence-corrected chi connectivity index (χ4v) is 3.78. The van der Waals surface area contributed by atoms with Crippen LogP contribution >= 0.6 is 0 Å². The van der Waals surface area contributed by atoms with E-state index in [4.69, 9.17) is 0 Å². The summed E-state index contributed by atoms with van der Waals surface area (Å²) in [6.07, 6.45) is 9.90.